The minimum absolute atomic E-state index is 0.131. The summed E-state index contributed by atoms with van der Waals surface area (Å²) in [5, 5.41) is 0. The Kier molecular flexibility index (Phi) is 1.99. The highest BCUT2D eigenvalue weighted by Gasteiger charge is 2.12. The zero-order chi connectivity index (χ0) is 8.48. The van der Waals surface area contributed by atoms with Gasteiger partial charge in [0.05, 0.1) is 0 Å². The van der Waals surface area contributed by atoms with Crippen LogP contribution in [-0.2, 0) is 5.41 Å². The molecule has 0 N–H and O–H groups in total. The summed E-state index contributed by atoms with van der Waals surface area (Å²) in [5.74, 6) is -0.196. The third kappa shape index (κ3) is 2.04. The van der Waals surface area contributed by atoms with E-state index in [0.29, 0.717) is 0 Å². The Bertz CT molecular complexity index is 228. The third-order valence-corrected chi connectivity index (χ3v) is 1.63. The fourth-order valence-electron chi connectivity index (χ4n) is 0.901. The van der Waals surface area contributed by atoms with Gasteiger partial charge in [-0.2, -0.15) is 0 Å². The molecule has 0 atom stereocenters. The zero-order valence-corrected chi connectivity index (χ0v) is 6.89. The minimum atomic E-state index is -0.196. The van der Waals surface area contributed by atoms with Crippen LogP contribution in [0.25, 0.3) is 0 Å². The molecule has 1 radical (unpaired) electrons. The Morgan fingerprint density at radius 3 is 2.00 bits per heavy atom. The molecule has 0 spiro atoms. The van der Waals surface area contributed by atoms with Crippen molar-refractivity contribution < 1.29 is 4.39 Å². The van der Waals surface area contributed by atoms with Crippen molar-refractivity contribution in [1.82, 2.24) is 0 Å². The molecule has 0 unspecified atom stereocenters. The Morgan fingerprint density at radius 1 is 1.18 bits per heavy atom. The van der Waals surface area contributed by atoms with Gasteiger partial charge in [-0.05, 0) is 30.0 Å². The molecule has 0 aliphatic carbocycles. The maximum absolute atomic E-state index is 12.5. The van der Waals surface area contributed by atoms with Gasteiger partial charge in [-0.3, -0.25) is 0 Å². The van der Waals surface area contributed by atoms with Gasteiger partial charge in [-0.1, -0.05) is 26.0 Å². The van der Waals surface area contributed by atoms with E-state index in [0.717, 1.165) is 5.56 Å². The van der Waals surface area contributed by atoms with Crippen LogP contribution in [0.5, 0.6) is 0 Å². The van der Waals surface area contributed by atoms with Gasteiger partial charge in [-0.25, -0.2) is 4.39 Å². The van der Waals surface area contributed by atoms with Crippen LogP contribution in [0, 0.1) is 12.7 Å². The van der Waals surface area contributed by atoms with Crippen LogP contribution in [-0.4, -0.2) is 0 Å². The quantitative estimate of drug-likeness (QED) is 0.579. The van der Waals surface area contributed by atoms with E-state index in [1.807, 2.05) is 13.8 Å². The molecule has 1 heteroatoms. The SMILES string of the molecule is [CH2]C(C)(C)c1ccc(F)cc1. The molecular formula is C10H12F. The first kappa shape index (κ1) is 8.25. The van der Waals surface area contributed by atoms with Gasteiger partial charge in [-0.15, -0.1) is 0 Å². The van der Waals surface area contributed by atoms with Gasteiger partial charge in [0.25, 0.3) is 0 Å². The molecule has 1 aromatic rings. The smallest absolute Gasteiger partial charge is 0.123 e. The van der Waals surface area contributed by atoms with Gasteiger partial charge >= 0.3 is 0 Å². The molecule has 0 aromatic heterocycles. The first-order chi connectivity index (χ1) is 5.00. The van der Waals surface area contributed by atoms with Gasteiger partial charge in [0.2, 0.25) is 0 Å². The van der Waals surface area contributed by atoms with Gasteiger partial charge in [0.15, 0.2) is 0 Å². The van der Waals surface area contributed by atoms with Gasteiger partial charge in [0, 0.05) is 0 Å². The van der Waals surface area contributed by atoms with Gasteiger partial charge < -0.3 is 0 Å². The second kappa shape index (κ2) is 2.65. The average Bonchev–Trinajstić information content (AvgIpc) is 1.86. The van der Waals surface area contributed by atoms with E-state index in [9.17, 15) is 4.39 Å². The van der Waals surface area contributed by atoms with Crippen LogP contribution in [0.3, 0.4) is 0 Å². The lowest BCUT2D eigenvalue weighted by atomic mass is 9.87. The number of rotatable bonds is 1. The van der Waals surface area contributed by atoms with E-state index in [4.69, 9.17) is 0 Å². The van der Waals surface area contributed by atoms with Crippen molar-refractivity contribution in [3.05, 3.63) is 42.6 Å². The Morgan fingerprint density at radius 2 is 1.64 bits per heavy atom. The standard InChI is InChI=1S/C10H12F/c1-10(2,3)8-4-6-9(11)7-5-8/h4-7H,1H2,2-3H3. The molecule has 11 heavy (non-hydrogen) atoms. The summed E-state index contributed by atoms with van der Waals surface area (Å²) in [7, 11) is 0. The number of benzene rings is 1. The lowest BCUT2D eigenvalue weighted by Crippen LogP contribution is -2.10. The number of hydrogen-bond donors (Lipinski definition) is 0. The molecule has 0 saturated heterocycles. The molecule has 0 aliphatic heterocycles. The lowest BCUT2D eigenvalue weighted by molar-refractivity contribution is 0.619. The highest BCUT2D eigenvalue weighted by molar-refractivity contribution is 5.24. The van der Waals surface area contributed by atoms with Crippen molar-refractivity contribution in [2.45, 2.75) is 19.3 Å². The van der Waals surface area contributed by atoms with E-state index in [1.165, 1.54) is 12.1 Å². The predicted octanol–water partition coefficient (Wildman–Crippen LogP) is 2.94. The fraction of sp³-hybridized carbons (Fsp3) is 0.300. The zero-order valence-electron chi connectivity index (χ0n) is 6.89. The van der Waals surface area contributed by atoms with Crippen molar-refractivity contribution in [2.24, 2.45) is 0 Å². The summed E-state index contributed by atoms with van der Waals surface area (Å²) < 4.78 is 12.5. The molecule has 0 aliphatic rings. The number of hydrogen-bond acceptors (Lipinski definition) is 0. The van der Waals surface area contributed by atoms with E-state index in [1.54, 1.807) is 12.1 Å². The summed E-state index contributed by atoms with van der Waals surface area (Å²) in [5.41, 5.74) is 0.923. The summed E-state index contributed by atoms with van der Waals surface area (Å²) in [6.07, 6.45) is 0. The van der Waals surface area contributed by atoms with Gasteiger partial charge in [0.1, 0.15) is 5.82 Å². The van der Waals surface area contributed by atoms with Crippen LogP contribution in [0.1, 0.15) is 19.4 Å². The first-order valence-electron chi connectivity index (χ1n) is 3.61. The highest BCUT2D eigenvalue weighted by Crippen LogP contribution is 2.21. The predicted molar refractivity (Wildman–Crippen MR) is 44.8 cm³/mol. The molecule has 1 rings (SSSR count). The first-order valence-corrected chi connectivity index (χ1v) is 3.61. The summed E-state index contributed by atoms with van der Waals surface area (Å²) in [6.45, 7) is 7.95. The van der Waals surface area contributed by atoms with Crippen molar-refractivity contribution >= 4 is 0 Å². The fourth-order valence-corrected chi connectivity index (χ4v) is 0.901. The maximum Gasteiger partial charge on any atom is 0.123 e. The van der Waals surface area contributed by atoms with E-state index in [-0.39, 0.29) is 11.2 Å². The van der Waals surface area contributed by atoms with Crippen molar-refractivity contribution in [2.75, 3.05) is 0 Å². The van der Waals surface area contributed by atoms with Crippen LogP contribution < -0.4 is 0 Å². The molecule has 0 bridgehead atoms. The molecule has 0 nitrogen and oxygen atoms in total. The highest BCUT2D eigenvalue weighted by atomic mass is 19.1. The molecule has 1 aromatic carbocycles. The Balaban J connectivity index is 2.99. The molecule has 0 fully saturated rings. The largest absolute Gasteiger partial charge is 0.207 e. The Labute approximate surface area is 67.1 Å². The van der Waals surface area contributed by atoms with Crippen LogP contribution >= 0.6 is 0 Å². The van der Waals surface area contributed by atoms with Crippen molar-refractivity contribution in [1.29, 1.82) is 0 Å². The maximum atomic E-state index is 12.5. The summed E-state index contributed by atoms with van der Waals surface area (Å²) in [6, 6.07) is 6.45. The molecular weight excluding hydrogens is 139 g/mol. The second-order valence-electron chi connectivity index (χ2n) is 3.39. The average molecular weight is 151 g/mol. The van der Waals surface area contributed by atoms with Crippen molar-refractivity contribution in [3.8, 4) is 0 Å². The topological polar surface area (TPSA) is 0 Å². The Hall–Kier alpha value is -0.850. The van der Waals surface area contributed by atoms with E-state index in [2.05, 4.69) is 6.92 Å². The molecule has 59 valence electrons. The third-order valence-electron chi connectivity index (χ3n) is 1.63. The van der Waals surface area contributed by atoms with Crippen molar-refractivity contribution in [3.63, 3.8) is 0 Å². The minimum Gasteiger partial charge on any atom is -0.207 e. The number of halogens is 1. The second-order valence-corrected chi connectivity index (χ2v) is 3.39. The normalized spacial score (nSPS) is 11.6. The lowest BCUT2D eigenvalue weighted by Gasteiger charge is -2.18. The summed E-state index contributed by atoms with van der Waals surface area (Å²) >= 11 is 0. The van der Waals surface area contributed by atoms with E-state index < -0.39 is 0 Å². The monoisotopic (exact) mass is 151 g/mol. The molecule has 0 saturated carbocycles. The van der Waals surface area contributed by atoms with Crippen LogP contribution in [0.15, 0.2) is 24.3 Å². The molecule has 0 heterocycles. The molecule has 0 amide bonds. The van der Waals surface area contributed by atoms with Crippen LogP contribution in [0.2, 0.25) is 0 Å². The van der Waals surface area contributed by atoms with Crippen LogP contribution in [0.4, 0.5) is 4.39 Å². The van der Waals surface area contributed by atoms with E-state index >= 15 is 0 Å². The summed E-state index contributed by atoms with van der Waals surface area (Å²) in [4.78, 5) is 0.